The predicted molar refractivity (Wildman–Crippen MR) is 69.7 cm³/mol. The number of fused-ring (bicyclic) bond motifs is 1. The fraction of sp³-hybridized carbons (Fsp3) is 0.308. The summed E-state index contributed by atoms with van der Waals surface area (Å²) in [7, 11) is 1.32. The van der Waals surface area contributed by atoms with Gasteiger partial charge in [0.15, 0.2) is 5.82 Å². The summed E-state index contributed by atoms with van der Waals surface area (Å²) in [6.07, 6.45) is 0.127. The van der Waals surface area contributed by atoms with Crippen LogP contribution in [0.25, 0.3) is 11.0 Å². The molecule has 0 bridgehead atoms. The van der Waals surface area contributed by atoms with E-state index >= 15 is 0 Å². The minimum atomic E-state index is -0.364. The highest BCUT2D eigenvalue weighted by atomic mass is 16.5. The quantitative estimate of drug-likeness (QED) is 0.811. The molecule has 1 aromatic heterocycles. The number of imidazole rings is 1. The van der Waals surface area contributed by atoms with Crippen LogP contribution in [0.5, 0.6) is 0 Å². The second kappa shape index (κ2) is 5.51. The fourth-order valence-electron chi connectivity index (χ4n) is 1.74. The molecule has 0 aliphatic carbocycles. The standard InChI is InChI=1S/C13H15N3O3/c1-8(7-11(17)19-2)14-13(18)12-15-9-5-3-4-6-10(9)16-12/h3-6,8H,7H2,1-2H3,(H,14,18)(H,15,16)/t8-/m1/s1. The molecular formula is C13H15N3O3. The van der Waals surface area contributed by atoms with Gasteiger partial charge in [-0.05, 0) is 19.1 Å². The Morgan fingerprint density at radius 2 is 2.16 bits per heavy atom. The number of methoxy groups -OCH3 is 1. The van der Waals surface area contributed by atoms with Crippen LogP contribution >= 0.6 is 0 Å². The number of esters is 1. The zero-order valence-corrected chi connectivity index (χ0v) is 10.8. The Morgan fingerprint density at radius 3 is 2.84 bits per heavy atom. The lowest BCUT2D eigenvalue weighted by Crippen LogP contribution is -2.35. The van der Waals surface area contributed by atoms with Crippen LogP contribution in [0.2, 0.25) is 0 Å². The normalized spacial score (nSPS) is 12.1. The van der Waals surface area contributed by atoms with Crippen LogP contribution in [-0.4, -0.2) is 35.0 Å². The molecule has 0 fully saturated rings. The molecule has 0 spiro atoms. The Bertz CT molecular complexity index is 573. The molecule has 2 rings (SSSR count). The lowest BCUT2D eigenvalue weighted by Gasteiger charge is -2.10. The van der Waals surface area contributed by atoms with Gasteiger partial charge >= 0.3 is 5.97 Å². The van der Waals surface area contributed by atoms with E-state index in [0.29, 0.717) is 0 Å². The second-order valence-corrected chi connectivity index (χ2v) is 4.26. The number of ether oxygens (including phenoxy) is 1. The molecule has 6 nitrogen and oxygen atoms in total. The minimum absolute atomic E-state index is 0.127. The highest BCUT2D eigenvalue weighted by Crippen LogP contribution is 2.10. The zero-order valence-electron chi connectivity index (χ0n) is 10.8. The Balaban J connectivity index is 2.05. The Labute approximate surface area is 110 Å². The van der Waals surface area contributed by atoms with Crippen molar-refractivity contribution in [2.45, 2.75) is 19.4 Å². The number of benzene rings is 1. The van der Waals surface area contributed by atoms with Gasteiger partial charge in [-0.1, -0.05) is 12.1 Å². The number of amides is 1. The van der Waals surface area contributed by atoms with Crippen LogP contribution in [0.4, 0.5) is 0 Å². The summed E-state index contributed by atoms with van der Waals surface area (Å²) in [6, 6.07) is 7.07. The summed E-state index contributed by atoms with van der Waals surface area (Å²) < 4.78 is 4.54. The molecule has 100 valence electrons. The first-order chi connectivity index (χ1) is 9.10. The number of aromatic amines is 1. The van der Waals surface area contributed by atoms with Crippen molar-refractivity contribution in [2.24, 2.45) is 0 Å². The summed E-state index contributed by atoms with van der Waals surface area (Å²) in [5.74, 6) is -0.470. The summed E-state index contributed by atoms with van der Waals surface area (Å²) in [5, 5.41) is 2.69. The SMILES string of the molecule is COC(=O)C[C@@H](C)NC(=O)c1nc2ccccc2[nH]1. The third-order valence-electron chi connectivity index (χ3n) is 2.68. The second-order valence-electron chi connectivity index (χ2n) is 4.26. The lowest BCUT2D eigenvalue weighted by atomic mass is 10.2. The van der Waals surface area contributed by atoms with Crippen molar-refractivity contribution in [3.8, 4) is 0 Å². The molecule has 2 N–H and O–H groups in total. The van der Waals surface area contributed by atoms with Gasteiger partial charge in [-0.3, -0.25) is 9.59 Å². The number of carbonyl (C=O) groups excluding carboxylic acids is 2. The Hall–Kier alpha value is -2.37. The highest BCUT2D eigenvalue weighted by molar-refractivity contribution is 5.94. The molecule has 0 saturated heterocycles. The van der Waals surface area contributed by atoms with E-state index in [-0.39, 0.29) is 30.2 Å². The van der Waals surface area contributed by atoms with Gasteiger partial charge in [0, 0.05) is 6.04 Å². The minimum Gasteiger partial charge on any atom is -0.469 e. The molecule has 0 unspecified atom stereocenters. The zero-order chi connectivity index (χ0) is 13.8. The van der Waals surface area contributed by atoms with Crippen molar-refractivity contribution < 1.29 is 14.3 Å². The van der Waals surface area contributed by atoms with Gasteiger partial charge < -0.3 is 15.0 Å². The maximum atomic E-state index is 11.9. The third kappa shape index (κ3) is 3.09. The van der Waals surface area contributed by atoms with Gasteiger partial charge in [-0.2, -0.15) is 0 Å². The van der Waals surface area contributed by atoms with Gasteiger partial charge in [-0.15, -0.1) is 0 Å². The van der Waals surface area contributed by atoms with E-state index in [1.165, 1.54) is 7.11 Å². The number of carbonyl (C=O) groups is 2. The molecule has 0 saturated carbocycles. The number of aromatic nitrogens is 2. The van der Waals surface area contributed by atoms with E-state index in [4.69, 9.17) is 0 Å². The van der Waals surface area contributed by atoms with E-state index in [0.717, 1.165) is 11.0 Å². The summed E-state index contributed by atoms with van der Waals surface area (Å²) >= 11 is 0. The molecule has 0 aliphatic rings. The number of H-pyrrole nitrogens is 1. The van der Waals surface area contributed by atoms with Gasteiger partial charge in [0.1, 0.15) is 0 Å². The number of hydrogen-bond donors (Lipinski definition) is 2. The lowest BCUT2D eigenvalue weighted by molar-refractivity contribution is -0.141. The summed E-state index contributed by atoms with van der Waals surface area (Å²) in [6.45, 7) is 1.73. The number of hydrogen-bond acceptors (Lipinski definition) is 4. The summed E-state index contributed by atoms with van der Waals surface area (Å²) in [4.78, 5) is 30.1. The molecule has 1 atom stereocenters. The first-order valence-corrected chi connectivity index (χ1v) is 5.92. The van der Waals surface area contributed by atoms with Crippen LogP contribution in [0.1, 0.15) is 24.0 Å². The maximum Gasteiger partial charge on any atom is 0.307 e. The molecule has 1 heterocycles. The van der Waals surface area contributed by atoms with E-state index in [2.05, 4.69) is 20.0 Å². The molecular weight excluding hydrogens is 246 g/mol. The third-order valence-corrected chi connectivity index (χ3v) is 2.68. The Kier molecular flexibility index (Phi) is 3.79. The first-order valence-electron chi connectivity index (χ1n) is 5.92. The van der Waals surface area contributed by atoms with E-state index < -0.39 is 0 Å². The number of nitrogens with zero attached hydrogens (tertiary/aromatic N) is 1. The Morgan fingerprint density at radius 1 is 1.42 bits per heavy atom. The fourth-order valence-corrected chi connectivity index (χ4v) is 1.74. The van der Waals surface area contributed by atoms with Gasteiger partial charge in [0.2, 0.25) is 0 Å². The number of para-hydroxylation sites is 2. The molecule has 1 amide bonds. The van der Waals surface area contributed by atoms with Crippen molar-refractivity contribution in [3.05, 3.63) is 30.1 Å². The molecule has 0 aliphatic heterocycles. The largest absolute Gasteiger partial charge is 0.469 e. The monoisotopic (exact) mass is 261 g/mol. The van der Waals surface area contributed by atoms with Crippen LogP contribution in [0, 0.1) is 0 Å². The maximum absolute atomic E-state index is 11.9. The average molecular weight is 261 g/mol. The van der Waals surface area contributed by atoms with E-state index in [9.17, 15) is 9.59 Å². The van der Waals surface area contributed by atoms with Crippen molar-refractivity contribution in [1.29, 1.82) is 0 Å². The topological polar surface area (TPSA) is 84.1 Å². The smallest absolute Gasteiger partial charge is 0.307 e. The van der Waals surface area contributed by atoms with Crippen LogP contribution in [0.15, 0.2) is 24.3 Å². The molecule has 2 aromatic rings. The molecule has 19 heavy (non-hydrogen) atoms. The first kappa shape index (κ1) is 13.1. The summed E-state index contributed by atoms with van der Waals surface area (Å²) in [5.41, 5.74) is 1.53. The molecule has 6 heteroatoms. The van der Waals surface area contributed by atoms with Crippen LogP contribution in [-0.2, 0) is 9.53 Å². The average Bonchev–Trinajstić information content (AvgIpc) is 2.82. The van der Waals surface area contributed by atoms with Crippen molar-refractivity contribution >= 4 is 22.9 Å². The highest BCUT2D eigenvalue weighted by Gasteiger charge is 2.16. The van der Waals surface area contributed by atoms with Crippen molar-refractivity contribution in [3.63, 3.8) is 0 Å². The van der Waals surface area contributed by atoms with Gasteiger partial charge in [-0.25, -0.2) is 4.98 Å². The molecule has 1 aromatic carbocycles. The predicted octanol–water partition coefficient (Wildman–Crippen LogP) is 1.24. The van der Waals surface area contributed by atoms with E-state index in [1.807, 2.05) is 24.3 Å². The molecule has 0 radical (unpaired) electrons. The van der Waals surface area contributed by atoms with Gasteiger partial charge in [0.25, 0.3) is 5.91 Å². The van der Waals surface area contributed by atoms with Crippen LogP contribution in [0.3, 0.4) is 0 Å². The van der Waals surface area contributed by atoms with Crippen molar-refractivity contribution in [1.82, 2.24) is 15.3 Å². The van der Waals surface area contributed by atoms with Gasteiger partial charge in [0.05, 0.1) is 24.6 Å². The van der Waals surface area contributed by atoms with E-state index in [1.54, 1.807) is 6.92 Å². The number of rotatable bonds is 4. The number of nitrogens with one attached hydrogen (secondary N) is 2. The van der Waals surface area contributed by atoms with Crippen LogP contribution < -0.4 is 5.32 Å². The van der Waals surface area contributed by atoms with Crippen molar-refractivity contribution in [2.75, 3.05) is 7.11 Å².